The van der Waals surface area contributed by atoms with Crippen LogP contribution in [0.3, 0.4) is 0 Å². The molecule has 0 saturated carbocycles. The number of carbonyl (C=O) groups excluding carboxylic acids is 2. The predicted octanol–water partition coefficient (Wildman–Crippen LogP) is 1.04. The van der Waals surface area contributed by atoms with E-state index >= 15 is 0 Å². The molecule has 1 atom stereocenters. The first-order valence-corrected chi connectivity index (χ1v) is 6.66. The summed E-state index contributed by atoms with van der Waals surface area (Å²) in [5, 5.41) is 5.87. The van der Waals surface area contributed by atoms with Gasteiger partial charge in [0.25, 0.3) is 0 Å². The molecule has 1 unspecified atom stereocenters. The summed E-state index contributed by atoms with van der Waals surface area (Å²) in [5.41, 5.74) is 8.82. The van der Waals surface area contributed by atoms with Crippen LogP contribution in [0, 0.1) is 0 Å². The van der Waals surface area contributed by atoms with Gasteiger partial charge in [0.05, 0.1) is 17.8 Å². The third-order valence-electron chi connectivity index (χ3n) is 3.49. The Morgan fingerprint density at radius 2 is 2.25 bits per heavy atom. The van der Waals surface area contributed by atoms with E-state index < -0.39 is 0 Å². The van der Waals surface area contributed by atoms with Crippen LogP contribution in [-0.4, -0.2) is 36.3 Å². The number of carbonyl (C=O) groups is 2. The van der Waals surface area contributed by atoms with Crippen molar-refractivity contribution in [2.75, 3.05) is 30.0 Å². The SMILES string of the molecule is CCN(C)C(=O)C(C)Nc1cc2c(cc1N)CC(=O)N2. The van der Waals surface area contributed by atoms with E-state index in [1.165, 1.54) is 0 Å². The molecule has 0 radical (unpaired) electrons. The number of benzene rings is 1. The average molecular weight is 276 g/mol. The highest BCUT2D eigenvalue weighted by Gasteiger charge is 2.21. The third kappa shape index (κ3) is 2.68. The Morgan fingerprint density at radius 1 is 1.55 bits per heavy atom. The molecular formula is C14H20N4O2. The van der Waals surface area contributed by atoms with E-state index in [1.807, 2.05) is 6.92 Å². The molecule has 1 heterocycles. The predicted molar refractivity (Wildman–Crippen MR) is 79.6 cm³/mol. The molecule has 0 spiro atoms. The van der Waals surface area contributed by atoms with E-state index in [9.17, 15) is 9.59 Å². The lowest BCUT2D eigenvalue weighted by atomic mass is 10.1. The largest absolute Gasteiger partial charge is 0.397 e. The molecule has 1 aromatic rings. The fourth-order valence-electron chi connectivity index (χ4n) is 2.20. The Kier molecular flexibility index (Phi) is 3.83. The minimum absolute atomic E-state index is 0.00330. The summed E-state index contributed by atoms with van der Waals surface area (Å²) >= 11 is 0. The van der Waals surface area contributed by atoms with Crippen LogP contribution >= 0.6 is 0 Å². The molecule has 20 heavy (non-hydrogen) atoms. The molecule has 6 heteroatoms. The number of nitrogen functional groups attached to an aromatic ring is 1. The monoisotopic (exact) mass is 276 g/mol. The molecule has 1 aromatic carbocycles. The zero-order valence-electron chi connectivity index (χ0n) is 12.0. The Morgan fingerprint density at radius 3 is 2.90 bits per heavy atom. The summed E-state index contributed by atoms with van der Waals surface area (Å²) in [6.07, 6.45) is 0.354. The summed E-state index contributed by atoms with van der Waals surface area (Å²) < 4.78 is 0. The second kappa shape index (κ2) is 5.40. The van der Waals surface area contributed by atoms with Crippen LogP contribution in [0.4, 0.5) is 17.1 Å². The quantitative estimate of drug-likeness (QED) is 0.717. The number of nitrogens with one attached hydrogen (secondary N) is 2. The van der Waals surface area contributed by atoms with Crippen LogP contribution in [0.5, 0.6) is 0 Å². The summed E-state index contributed by atoms with van der Waals surface area (Å²) in [6, 6.07) is 3.18. The Hall–Kier alpha value is -2.24. The van der Waals surface area contributed by atoms with Crippen molar-refractivity contribution in [2.24, 2.45) is 0 Å². The van der Waals surface area contributed by atoms with E-state index in [2.05, 4.69) is 10.6 Å². The van der Waals surface area contributed by atoms with Crippen LogP contribution in [0.1, 0.15) is 19.4 Å². The van der Waals surface area contributed by atoms with Crippen LogP contribution in [0.2, 0.25) is 0 Å². The van der Waals surface area contributed by atoms with Gasteiger partial charge < -0.3 is 21.3 Å². The fraction of sp³-hybridized carbons (Fsp3) is 0.429. The minimum Gasteiger partial charge on any atom is -0.397 e. The van der Waals surface area contributed by atoms with Crippen LogP contribution < -0.4 is 16.4 Å². The highest BCUT2D eigenvalue weighted by molar-refractivity contribution is 6.01. The molecule has 0 aliphatic carbocycles. The van der Waals surface area contributed by atoms with Gasteiger partial charge in [0.2, 0.25) is 11.8 Å². The number of amides is 2. The molecular weight excluding hydrogens is 256 g/mol. The van der Waals surface area contributed by atoms with E-state index in [0.717, 1.165) is 11.3 Å². The van der Waals surface area contributed by atoms with Gasteiger partial charge >= 0.3 is 0 Å². The number of fused-ring (bicyclic) bond motifs is 1. The van der Waals surface area contributed by atoms with E-state index in [1.54, 1.807) is 31.0 Å². The van der Waals surface area contributed by atoms with Crippen molar-refractivity contribution in [3.05, 3.63) is 17.7 Å². The first-order chi connectivity index (χ1) is 9.42. The number of hydrogen-bond donors (Lipinski definition) is 3. The highest BCUT2D eigenvalue weighted by atomic mass is 16.2. The normalized spacial score (nSPS) is 14.4. The van der Waals surface area contributed by atoms with Gasteiger partial charge in [-0.15, -0.1) is 0 Å². The number of rotatable bonds is 4. The summed E-state index contributed by atoms with van der Waals surface area (Å²) in [6.45, 7) is 4.37. The van der Waals surface area contributed by atoms with Gasteiger partial charge in [0.1, 0.15) is 6.04 Å². The molecule has 0 fully saturated rings. The molecule has 0 saturated heterocycles. The summed E-state index contributed by atoms with van der Waals surface area (Å²) in [5.74, 6) is -0.0391. The number of likely N-dealkylation sites (N-methyl/N-ethyl adjacent to an activating group) is 1. The molecule has 2 amide bonds. The van der Waals surface area contributed by atoms with E-state index in [0.29, 0.717) is 24.3 Å². The Balaban J connectivity index is 2.16. The maximum Gasteiger partial charge on any atom is 0.244 e. The van der Waals surface area contributed by atoms with Gasteiger partial charge in [-0.3, -0.25) is 9.59 Å². The average Bonchev–Trinajstić information content (AvgIpc) is 2.76. The van der Waals surface area contributed by atoms with Crippen LogP contribution in [0.25, 0.3) is 0 Å². The molecule has 4 N–H and O–H groups in total. The molecule has 108 valence electrons. The topological polar surface area (TPSA) is 87.5 Å². The molecule has 1 aliphatic rings. The lowest BCUT2D eigenvalue weighted by Crippen LogP contribution is -2.38. The number of anilines is 3. The second-order valence-electron chi connectivity index (χ2n) is 5.04. The second-order valence-corrected chi connectivity index (χ2v) is 5.04. The van der Waals surface area contributed by atoms with Crippen molar-refractivity contribution >= 4 is 28.9 Å². The zero-order valence-corrected chi connectivity index (χ0v) is 12.0. The maximum atomic E-state index is 12.0. The Bertz CT molecular complexity index is 556. The molecule has 0 aromatic heterocycles. The Labute approximate surface area is 118 Å². The van der Waals surface area contributed by atoms with Crippen molar-refractivity contribution < 1.29 is 9.59 Å². The van der Waals surface area contributed by atoms with E-state index in [4.69, 9.17) is 5.73 Å². The van der Waals surface area contributed by atoms with Crippen molar-refractivity contribution in [2.45, 2.75) is 26.3 Å². The fourth-order valence-corrected chi connectivity index (χ4v) is 2.20. The summed E-state index contributed by atoms with van der Waals surface area (Å²) in [4.78, 5) is 25.0. The van der Waals surface area contributed by atoms with Crippen molar-refractivity contribution in [3.8, 4) is 0 Å². The lowest BCUT2D eigenvalue weighted by molar-refractivity contribution is -0.130. The molecule has 2 rings (SSSR count). The van der Waals surface area contributed by atoms with Gasteiger partial charge in [-0.05, 0) is 31.5 Å². The van der Waals surface area contributed by atoms with Gasteiger partial charge in [0.15, 0.2) is 0 Å². The van der Waals surface area contributed by atoms with Crippen LogP contribution in [-0.2, 0) is 16.0 Å². The van der Waals surface area contributed by atoms with Crippen molar-refractivity contribution in [3.63, 3.8) is 0 Å². The van der Waals surface area contributed by atoms with Crippen LogP contribution in [0.15, 0.2) is 12.1 Å². The van der Waals surface area contributed by atoms with E-state index in [-0.39, 0.29) is 17.9 Å². The lowest BCUT2D eigenvalue weighted by Gasteiger charge is -2.22. The maximum absolute atomic E-state index is 12.0. The standard InChI is InChI=1S/C14H20N4O2/c1-4-18(3)14(20)8(2)16-12-7-11-9(5-10(12)15)6-13(19)17-11/h5,7-8,16H,4,6,15H2,1-3H3,(H,17,19). The highest BCUT2D eigenvalue weighted by Crippen LogP contribution is 2.31. The van der Waals surface area contributed by atoms with Gasteiger partial charge in [-0.25, -0.2) is 0 Å². The third-order valence-corrected chi connectivity index (χ3v) is 3.49. The molecule has 0 bridgehead atoms. The van der Waals surface area contributed by atoms with Crippen molar-refractivity contribution in [1.29, 1.82) is 0 Å². The number of nitrogens with zero attached hydrogens (tertiary/aromatic N) is 1. The molecule has 1 aliphatic heterocycles. The number of hydrogen-bond acceptors (Lipinski definition) is 4. The first kappa shape index (κ1) is 14.2. The van der Waals surface area contributed by atoms with Gasteiger partial charge in [0, 0.05) is 19.3 Å². The minimum atomic E-state index is -0.377. The molecule has 6 nitrogen and oxygen atoms in total. The smallest absolute Gasteiger partial charge is 0.244 e. The summed E-state index contributed by atoms with van der Waals surface area (Å²) in [7, 11) is 1.76. The number of nitrogens with two attached hydrogens (primary N) is 1. The zero-order chi connectivity index (χ0) is 14.9. The van der Waals surface area contributed by atoms with Gasteiger partial charge in [-0.1, -0.05) is 0 Å². The van der Waals surface area contributed by atoms with Gasteiger partial charge in [-0.2, -0.15) is 0 Å². The van der Waals surface area contributed by atoms with Crippen molar-refractivity contribution in [1.82, 2.24) is 4.90 Å². The first-order valence-electron chi connectivity index (χ1n) is 6.66.